The van der Waals surface area contributed by atoms with Crippen LogP contribution < -0.4 is 38.9 Å². The van der Waals surface area contributed by atoms with Crippen LogP contribution in [0.1, 0.15) is 37.7 Å². The average molecular weight is 604 g/mol. The Morgan fingerprint density at radius 1 is 0.860 bits per heavy atom. The molecule has 0 radical (unpaired) electrons. The van der Waals surface area contributed by atoms with Gasteiger partial charge in [-0.25, -0.2) is 4.79 Å². The average Bonchev–Trinajstić information content (AvgIpc) is 3.34. The van der Waals surface area contributed by atoms with E-state index in [9.17, 15) is 33.9 Å². The number of benzene rings is 1. The molecule has 0 bridgehead atoms. The van der Waals surface area contributed by atoms with Crippen molar-refractivity contribution in [1.29, 1.82) is 0 Å². The van der Waals surface area contributed by atoms with E-state index in [4.69, 9.17) is 28.0 Å². The van der Waals surface area contributed by atoms with Crippen LogP contribution in [0.2, 0.25) is 0 Å². The van der Waals surface area contributed by atoms with E-state index in [1.165, 1.54) is 0 Å². The van der Waals surface area contributed by atoms with E-state index in [-0.39, 0.29) is 44.6 Å². The van der Waals surface area contributed by atoms with E-state index in [1.807, 2.05) is 0 Å². The van der Waals surface area contributed by atoms with Crippen LogP contribution in [0, 0.1) is 0 Å². The number of aliphatic carboxylic acids is 2. The minimum atomic E-state index is -1.77. The lowest BCUT2D eigenvalue weighted by Crippen LogP contribution is -2.57. The minimum Gasteiger partial charge on any atom is -0.481 e. The summed E-state index contributed by atoms with van der Waals surface area (Å²) >= 11 is 0. The van der Waals surface area contributed by atoms with E-state index in [1.54, 1.807) is 30.5 Å². The van der Waals surface area contributed by atoms with Crippen LogP contribution in [0.5, 0.6) is 0 Å². The van der Waals surface area contributed by atoms with Crippen LogP contribution >= 0.6 is 0 Å². The summed E-state index contributed by atoms with van der Waals surface area (Å²) in [5.41, 5.74) is 23.0. The maximum Gasteiger partial charge on any atom is 0.326 e. The number of amides is 4. The molecule has 17 nitrogen and oxygen atoms in total. The third-order valence-electron chi connectivity index (χ3n) is 6.34. The number of nitrogens with zero attached hydrogens (tertiary/aromatic N) is 1. The van der Waals surface area contributed by atoms with Gasteiger partial charge in [-0.15, -0.1) is 0 Å². The number of primary amides is 1. The Morgan fingerprint density at radius 2 is 1.49 bits per heavy atom. The summed E-state index contributed by atoms with van der Waals surface area (Å²) < 4.78 is 0. The molecule has 0 saturated carbocycles. The van der Waals surface area contributed by atoms with Crippen molar-refractivity contribution in [2.24, 2.45) is 27.9 Å². The summed E-state index contributed by atoms with van der Waals surface area (Å²) in [6, 6.07) is 1.57. The van der Waals surface area contributed by atoms with E-state index < -0.39 is 66.2 Å². The van der Waals surface area contributed by atoms with Gasteiger partial charge in [-0.2, -0.15) is 0 Å². The molecule has 43 heavy (non-hydrogen) atoms. The van der Waals surface area contributed by atoms with Crippen LogP contribution in [0.15, 0.2) is 35.5 Å². The summed E-state index contributed by atoms with van der Waals surface area (Å²) in [7, 11) is 0. The maximum atomic E-state index is 13.5. The third-order valence-corrected chi connectivity index (χ3v) is 6.34. The number of carboxylic acid groups (broad SMARTS) is 2. The number of guanidine groups is 1. The van der Waals surface area contributed by atoms with Gasteiger partial charge in [0.1, 0.15) is 18.1 Å². The highest BCUT2D eigenvalue weighted by Gasteiger charge is 2.31. The molecule has 0 aliphatic heterocycles. The fraction of sp³-hybridized carbons (Fsp3) is 0.423. The second-order valence-corrected chi connectivity index (χ2v) is 9.74. The highest BCUT2D eigenvalue weighted by Crippen LogP contribution is 2.19. The quantitative estimate of drug-likeness (QED) is 0.0477. The molecule has 2 rings (SSSR count). The molecule has 4 amide bonds. The first-order valence-corrected chi connectivity index (χ1v) is 13.3. The van der Waals surface area contributed by atoms with Crippen molar-refractivity contribution in [3.8, 4) is 0 Å². The Balaban J connectivity index is 2.33. The van der Waals surface area contributed by atoms with Crippen LogP contribution in [0.25, 0.3) is 10.9 Å². The van der Waals surface area contributed by atoms with Gasteiger partial charge >= 0.3 is 11.9 Å². The molecule has 4 atom stereocenters. The Labute approximate surface area is 245 Å². The highest BCUT2D eigenvalue weighted by molar-refractivity contribution is 5.95. The first kappa shape index (κ1) is 34.0. The van der Waals surface area contributed by atoms with Gasteiger partial charge in [0.2, 0.25) is 23.6 Å². The molecule has 0 saturated heterocycles. The van der Waals surface area contributed by atoms with Crippen molar-refractivity contribution in [2.45, 2.75) is 62.7 Å². The van der Waals surface area contributed by atoms with Gasteiger partial charge in [-0.3, -0.25) is 29.0 Å². The Hall–Kier alpha value is -5.19. The van der Waals surface area contributed by atoms with Gasteiger partial charge in [0.05, 0.1) is 12.5 Å². The number of hydrogen-bond acceptors (Lipinski definition) is 8. The zero-order valence-corrected chi connectivity index (χ0v) is 23.2. The molecule has 234 valence electrons. The fourth-order valence-electron chi connectivity index (χ4n) is 4.13. The molecule has 2 aromatic rings. The van der Waals surface area contributed by atoms with Crippen molar-refractivity contribution in [3.63, 3.8) is 0 Å². The number of aromatic nitrogens is 1. The predicted octanol–water partition coefficient (Wildman–Crippen LogP) is -2.63. The van der Waals surface area contributed by atoms with E-state index in [0.717, 1.165) is 10.9 Å². The number of para-hydroxylation sites is 1. The molecular formula is C26H37N9O8. The van der Waals surface area contributed by atoms with Gasteiger partial charge in [0, 0.05) is 36.5 Å². The molecule has 14 N–H and O–H groups in total. The number of nitrogens with two attached hydrogens (primary N) is 4. The Kier molecular flexibility index (Phi) is 12.9. The second-order valence-electron chi connectivity index (χ2n) is 9.74. The molecule has 0 fully saturated rings. The maximum absolute atomic E-state index is 13.5. The lowest BCUT2D eigenvalue weighted by atomic mass is 10.0. The fourth-order valence-corrected chi connectivity index (χ4v) is 4.13. The lowest BCUT2D eigenvalue weighted by molar-refractivity contribution is -0.147. The van der Waals surface area contributed by atoms with Gasteiger partial charge in [0.15, 0.2) is 5.96 Å². The second kappa shape index (κ2) is 16.3. The van der Waals surface area contributed by atoms with Crippen LogP contribution in [0.4, 0.5) is 0 Å². The molecule has 17 heteroatoms. The van der Waals surface area contributed by atoms with Crippen molar-refractivity contribution >= 4 is 52.4 Å². The number of carboxylic acids is 2. The first-order chi connectivity index (χ1) is 20.3. The molecule has 1 aromatic carbocycles. The molecular weight excluding hydrogens is 566 g/mol. The molecule has 0 spiro atoms. The highest BCUT2D eigenvalue weighted by atomic mass is 16.4. The third kappa shape index (κ3) is 11.3. The molecule has 0 aliphatic carbocycles. The van der Waals surface area contributed by atoms with Gasteiger partial charge in [0.25, 0.3) is 0 Å². The van der Waals surface area contributed by atoms with Gasteiger partial charge in [-0.1, -0.05) is 18.2 Å². The molecule has 4 unspecified atom stereocenters. The standard InChI is InChI=1S/C26H37N9O8/c27-15(7-8-20(28)36)22(39)33-17(6-3-9-31-26(29)30)23(40)34-18(24(41)35-19(25(42)43)11-21(37)38)10-13-12-32-16-5-2-1-4-14(13)16/h1-2,4-5,12,15,17-19,32H,3,6-11,27H2,(H2,28,36)(H,33,39)(H,34,40)(H,35,41)(H,37,38)(H,42,43)(H4,29,30,31). The largest absolute Gasteiger partial charge is 0.481 e. The summed E-state index contributed by atoms with van der Waals surface area (Å²) in [4.78, 5) is 80.2. The van der Waals surface area contributed by atoms with Gasteiger partial charge in [-0.05, 0) is 30.9 Å². The Morgan fingerprint density at radius 3 is 2.12 bits per heavy atom. The summed E-state index contributed by atoms with van der Waals surface area (Å²) in [5, 5.41) is 26.4. The SMILES string of the molecule is NC(=O)CCC(N)C(=O)NC(CCCN=C(N)N)C(=O)NC(Cc1c[nH]c2ccccc12)C(=O)NC(CC(=O)O)C(=O)O. The van der Waals surface area contributed by atoms with Crippen molar-refractivity contribution in [1.82, 2.24) is 20.9 Å². The van der Waals surface area contributed by atoms with Crippen molar-refractivity contribution in [3.05, 3.63) is 36.0 Å². The summed E-state index contributed by atoms with van der Waals surface area (Å²) in [6.45, 7) is 0.116. The monoisotopic (exact) mass is 603 g/mol. The van der Waals surface area contributed by atoms with Crippen LogP contribution in [-0.4, -0.2) is 87.4 Å². The van der Waals surface area contributed by atoms with E-state index >= 15 is 0 Å². The van der Waals surface area contributed by atoms with E-state index in [0.29, 0.717) is 5.56 Å². The first-order valence-electron chi connectivity index (χ1n) is 13.3. The molecule has 0 aliphatic rings. The van der Waals surface area contributed by atoms with Crippen LogP contribution in [-0.2, 0) is 35.2 Å². The number of hydrogen-bond donors (Lipinski definition) is 10. The predicted molar refractivity (Wildman–Crippen MR) is 154 cm³/mol. The van der Waals surface area contributed by atoms with Crippen molar-refractivity contribution in [2.75, 3.05) is 6.54 Å². The Bertz CT molecular complexity index is 1360. The number of aliphatic imine (C=N–C) groups is 1. The summed E-state index contributed by atoms with van der Waals surface area (Å²) in [5.74, 6) is -6.41. The topological polar surface area (TPSA) is 311 Å². The normalized spacial score (nSPS) is 13.6. The zero-order chi connectivity index (χ0) is 32.1. The van der Waals surface area contributed by atoms with E-state index in [2.05, 4.69) is 25.9 Å². The number of nitrogens with one attached hydrogen (secondary N) is 4. The zero-order valence-electron chi connectivity index (χ0n) is 23.2. The smallest absolute Gasteiger partial charge is 0.326 e. The number of fused-ring (bicyclic) bond motifs is 1. The van der Waals surface area contributed by atoms with Gasteiger partial charge < -0.3 is 54.1 Å². The van der Waals surface area contributed by atoms with Crippen LogP contribution in [0.3, 0.4) is 0 Å². The molecule has 1 aromatic heterocycles. The lowest BCUT2D eigenvalue weighted by Gasteiger charge is -2.25. The van der Waals surface area contributed by atoms with Crippen molar-refractivity contribution < 1.29 is 39.0 Å². The number of rotatable bonds is 18. The molecule has 1 heterocycles. The summed E-state index contributed by atoms with van der Waals surface area (Å²) in [6.07, 6.45) is 0.602. The number of aromatic amines is 1. The number of carbonyl (C=O) groups excluding carboxylic acids is 4. The number of H-pyrrole nitrogens is 1. The minimum absolute atomic E-state index is 0.00901. The number of carbonyl (C=O) groups is 6.